The van der Waals surface area contributed by atoms with Gasteiger partial charge in [-0.05, 0) is 44.2 Å². The molecular weight excluding hydrogens is 416 g/mol. The molecule has 0 unspecified atom stereocenters. The van der Waals surface area contributed by atoms with Gasteiger partial charge in [-0.15, -0.1) is 0 Å². The van der Waals surface area contributed by atoms with Crippen LogP contribution in [0.5, 0.6) is 11.5 Å². The maximum Gasteiger partial charge on any atom is 0.243 e. The van der Waals surface area contributed by atoms with Gasteiger partial charge in [-0.25, -0.2) is 8.42 Å². The zero-order valence-corrected chi connectivity index (χ0v) is 19.7. The largest absolute Gasteiger partial charge is 0.490 e. The van der Waals surface area contributed by atoms with Gasteiger partial charge in [0.2, 0.25) is 15.9 Å². The number of rotatable bonds is 8. The van der Waals surface area contributed by atoms with Crippen LogP contribution < -0.4 is 14.8 Å². The molecule has 2 aliphatic heterocycles. The number of ether oxygens (including phenoxy) is 2. The van der Waals surface area contributed by atoms with Crippen LogP contribution in [0.25, 0.3) is 0 Å². The first-order chi connectivity index (χ1) is 14.8. The van der Waals surface area contributed by atoms with E-state index >= 15 is 0 Å². The molecule has 1 N–H and O–H groups in total. The lowest BCUT2D eigenvalue weighted by Crippen LogP contribution is -2.44. The van der Waals surface area contributed by atoms with Crippen LogP contribution in [-0.2, 0) is 14.8 Å². The van der Waals surface area contributed by atoms with Crippen LogP contribution in [-0.4, -0.2) is 51.0 Å². The Hall–Kier alpha value is -1.80. The molecular formula is C23H36N2O5S. The van der Waals surface area contributed by atoms with Crippen molar-refractivity contribution < 1.29 is 22.7 Å². The minimum absolute atomic E-state index is 0.0460. The molecule has 1 fully saturated rings. The highest BCUT2D eigenvalue weighted by Crippen LogP contribution is 2.33. The molecule has 1 atom stereocenters. The summed E-state index contributed by atoms with van der Waals surface area (Å²) >= 11 is 0. The number of nitrogens with one attached hydrogen (secondary N) is 1. The number of hydrogen-bond acceptors (Lipinski definition) is 5. The fourth-order valence-corrected chi connectivity index (χ4v) is 5.56. The molecule has 174 valence electrons. The molecule has 1 amide bonds. The molecule has 3 rings (SSSR count). The van der Waals surface area contributed by atoms with Crippen molar-refractivity contribution in [3.05, 3.63) is 18.2 Å². The van der Waals surface area contributed by atoms with Gasteiger partial charge < -0.3 is 14.8 Å². The summed E-state index contributed by atoms with van der Waals surface area (Å²) in [6.07, 6.45) is 5.08. The van der Waals surface area contributed by atoms with Crippen LogP contribution in [0.1, 0.15) is 59.3 Å². The van der Waals surface area contributed by atoms with E-state index in [2.05, 4.69) is 19.2 Å². The third-order valence-electron chi connectivity index (χ3n) is 5.99. The first-order valence-corrected chi connectivity index (χ1v) is 12.9. The van der Waals surface area contributed by atoms with Gasteiger partial charge in [0, 0.05) is 37.5 Å². The number of carbonyl (C=O) groups excluding carboxylic acids is 1. The minimum Gasteiger partial charge on any atom is -0.490 e. The van der Waals surface area contributed by atoms with Gasteiger partial charge in [-0.2, -0.15) is 4.31 Å². The van der Waals surface area contributed by atoms with Gasteiger partial charge in [-0.3, -0.25) is 4.79 Å². The third kappa shape index (κ3) is 6.35. The predicted octanol–water partition coefficient (Wildman–Crippen LogP) is 3.58. The maximum atomic E-state index is 13.1. The number of piperidine rings is 1. The maximum absolute atomic E-state index is 13.1. The molecule has 1 aromatic rings. The quantitative estimate of drug-likeness (QED) is 0.652. The molecule has 1 aromatic carbocycles. The third-order valence-corrected chi connectivity index (χ3v) is 7.88. The Morgan fingerprint density at radius 3 is 2.45 bits per heavy atom. The second-order valence-corrected chi connectivity index (χ2v) is 11.0. The lowest BCUT2D eigenvalue weighted by atomic mass is 9.96. The SMILES string of the molecule is CC(C)CCC[C@@H](C)NC(=O)C1CCN(S(=O)(=O)c2ccc3c(c2)OCCCO3)CC1. The fourth-order valence-electron chi connectivity index (χ4n) is 4.08. The first-order valence-electron chi connectivity index (χ1n) is 11.5. The average Bonchev–Trinajstić information content (AvgIpc) is 2.98. The summed E-state index contributed by atoms with van der Waals surface area (Å²) in [6.45, 7) is 8.21. The highest BCUT2D eigenvalue weighted by atomic mass is 32.2. The van der Waals surface area contributed by atoms with E-state index in [0.29, 0.717) is 56.6 Å². The Morgan fingerprint density at radius 2 is 1.77 bits per heavy atom. The van der Waals surface area contributed by atoms with Gasteiger partial charge in [-0.1, -0.05) is 26.7 Å². The van der Waals surface area contributed by atoms with E-state index < -0.39 is 10.0 Å². The van der Waals surface area contributed by atoms with E-state index in [1.54, 1.807) is 18.2 Å². The van der Waals surface area contributed by atoms with Crippen LogP contribution >= 0.6 is 0 Å². The standard InChI is InChI=1S/C23H36N2O5S/c1-17(2)6-4-7-18(3)24-23(26)19-10-12-25(13-11-19)31(27,28)20-8-9-21-22(16-20)30-15-5-14-29-21/h8-9,16-19H,4-7,10-15H2,1-3H3,(H,24,26)/t18-/m1/s1. The van der Waals surface area contributed by atoms with Crippen LogP contribution in [0, 0.1) is 11.8 Å². The zero-order chi connectivity index (χ0) is 22.4. The van der Waals surface area contributed by atoms with Crippen LogP contribution in [0.15, 0.2) is 23.1 Å². The van der Waals surface area contributed by atoms with E-state index in [9.17, 15) is 13.2 Å². The molecule has 31 heavy (non-hydrogen) atoms. The summed E-state index contributed by atoms with van der Waals surface area (Å²) in [4.78, 5) is 12.8. The van der Waals surface area contributed by atoms with Gasteiger partial charge in [0.25, 0.3) is 0 Å². The smallest absolute Gasteiger partial charge is 0.243 e. The summed E-state index contributed by atoms with van der Waals surface area (Å²) in [5, 5.41) is 3.11. The topological polar surface area (TPSA) is 84.9 Å². The average molecular weight is 453 g/mol. The molecule has 8 heteroatoms. The molecule has 2 heterocycles. The van der Waals surface area contributed by atoms with Gasteiger partial charge in [0.15, 0.2) is 11.5 Å². The Labute approximate surface area is 186 Å². The van der Waals surface area contributed by atoms with Gasteiger partial charge in [0.05, 0.1) is 18.1 Å². The summed E-state index contributed by atoms with van der Waals surface area (Å²) < 4.78 is 38.9. The predicted molar refractivity (Wildman–Crippen MR) is 120 cm³/mol. The van der Waals surface area contributed by atoms with Crippen molar-refractivity contribution in [2.24, 2.45) is 11.8 Å². The van der Waals surface area contributed by atoms with E-state index in [1.807, 2.05) is 6.92 Å². The normalized spacial score (nSPS) is 19.1. The number of fused-ring (bicyclic) bond motifs is 1. The molecule has 7 nitrogen and oxygen atoms in total. The molecule has 0 aliphatic carbocycles. The number of amides is 1. The molecule has 0 spiro atoms. The van der Waals surface area contributed by atoms with Crippen LogP contribution in [0.2, 0.25) is 0 Å². The fraction of sp³-hybridized carbons (Fsp3) is 0.696. The number of nitrogens with zero attached hydrogens (tertiary/aromatic N) is 1. The second-order valence-electron chi connectivity index (χ2n) is 9.07. The lowest BCUT2D eigenvalue weighted by molar-refractivity contribution is -0.126. The zero-order valence-electron chi connectivity index (χ0n) is 18.9. The van der Waals surface area contributed by atoms with E-state index in [-0.39, 0.29) is 22.8 Å². The molecule has 0 radical (unpaired) electrons. The monoisotopic (exact) mass is 452 g/mol. The Kier molecular flexibility index (Phi) is 8.22. The van der Waals surface area contributed by atoms with E-state index in [1.165, 1.54) is 4.31 Å². The summed E-state index contributed by atoms with van der Waals surface area (Å²) in [7, 11) is -3.63. The Bertz CT molecular complexity index is 848. The van der Waals surface area contributed by atoms with Crippen molar-refractivity contribution in [3.8, 4) is 11.5 Å². The van der Waals surface area contributed by atoms with Crippen molar-refractivity contribution in [1.29, 1.82) is 0 Å². The first kappa shape index (κ1) is 23.9. The Morgan fingerprint density at radius 1 is 1.10 bits per heavy atom. The van der Waals surface area contributed by atoms with Gasteiger partial charge >= 0.3 is 0 Å². The van der Waals surface area contributed by atoms with Crippen molar-refractivity contribution in [1.82, 2.24) is 9.62 Å². The summed E-state index contributed by atoms with van der Waals surface area (Å²) in [5.74, 6) is 1.63. The molecule has 0 aromatic heterocycles. The molecule has 2 aliphatic rings. The van der Waals surface area contributed by atoms with Crippen LogP contribution in [0.4, 0.5) is 0 Å². The lowest BCUT2D eigenvalue weighted by Gasteiger charge is -2.31. The van der Waals surface area contributed by atoms with E-state index in [4.69, 9.17) is 9.47 Å². The van der Waals surface area contributed by atoms with Crippen molar-refractivity contribution >= 4 is 15.9 Å². The van der Waals surface area contributed by atoms with Crippen molar-refractivity contribution in [3.63, 3.8) is 0 Å². The van der Waals surface area contributed by atoms with Crippen LogP contribution in [0.3, 0.4) is 0 Å². The van der Waals surface area contributed by atoms with E-state index in [0.717, 1.165) is 25.7 Å². The Balaban J connectivity index is 1.54. The molecule has 0 bridgehead atoms. The van der Waals surface area contributed by atoms with Crippen molar-refractivity contribution in [2.75, 3.05) is 26.3 Å². The summed E-state index contributed by atoms with van der Waals surface area (Å²) in [5.41, 5.74) is 0. The number of sulfonamides is 1. The highest BCUT2D eigenvalue weighted by Gasteiger charge is 2.33. The summed E-state index contributed by atoms with van der Waals surface area (Å²) in [6, 6.07) is 4.93. The number of carbonyl (C=O) groups is 1. The second kappa shape index (κ2) is 10.7. The molecule has 1 saturated heterocycles. The van der Waals surface area contributed by atoms with Gasteiger partial charge in [0.1, 0.15) is 0 Å². The minimum atomic E-state index is -3.63. The molecule has 0 saturated carbocycles. The number of benzene rings is 1. The van der Waals surface area contributed by atoms with Crippen molar-refractivity contribution in [2.45, 2.75) is 70.2 Å². The number of hydrogen-bond donors (Lipinski definition) is 1. The highest BCUT2D eigenvalue weighted by molar-refractivity contribution is 7.89.